The van der Waals surface area contributed by atoms with Crippen LogP contribution in [0.15, 0.2) is 0 Å². The van der Waals surface area contributed by atoms with Crippen molar-refractivity contribution in [2.75, 3.05) is 26.4 Å². The minimum absolute atomic E-state index is 0.0247. The Hall–Kier alpha value is -0.200. The summed E-state index contributed by atoms with van der Waals surface area (Å²) in [6.07, 6.45) is 22.0. The molecular weight excluding hydrogens is 536 g/mol. The van der Waals surface area contributed by atoms with Crippen molar-refractivity contribution in [3.05, 3.63) is 0 Å². The van der Waals surface area contributed by atoms with Crippen molar-refractivity contribution in [1.29, 1.82) is 0 Å². The standard InChI is InChI=1S/C38H78O5/c1-10-16-19-20-26-37(25-18-12-3)32-42-43-35(9)23-21-28-38(39-29-27-33(7)14-5,40-30-34(8)22-13-4)41-31-36(15-6)24-17-11-2/h33-37H,10-32H2,1-9H3. The predicted molar refractivity (Wildman–Crippen MR) is 184 cm³/mol. The molecule has 0 radical (unpaired) electrons. The highest BCUT2D eigenvalue weighted by atomic mass is 17.2. The number of ether oxygens (including phenoxy) is 3. The van der Waals surface area contributed by atoms with Crippen molar-refractivity contribution in [2.45, 2.75) is 196 Å². The molecule has 0 bridgehead atoms. The van der Waals surface area contributed by atoms with E-state index < -0.39 is 5.97 Å². The van der Waals surface area contributed by atoms with Gasteiger partial charge in [0.1, 0.15) is 0 Å². The molecule has 0 aromatic rings. The van der Waals surface area contributed by atoms with E-state index >= 15 is 0 Å². The number of rotatable bonds is 33. The van der Waals surface area contributed by atoms with E-state index in [2.05, 4.69) is 62.3 Å². The van der Waals surface area contributed by atoms with Crippen LogP contribution in [0.5, 0.6) is 0 Å². The topological polar surface area (TPSA) is 46.2 Å². The summed E-state index contributed by atoms with van der Waals surface area (Å²) in [5.41, 5.74) is 0. The van der Waals surface area contributed by atoms with Gasteiger partial charge in [-0.15, -0.1) is 0 Å². The van der Waals surface area contributed by atoms with Crippen molar-refractivity contribution in [3.63, 3.8) is 0 Å². The second-order valence-electron chi connectivity index (χ2n) is 13.7. The summed E-state index contributed by atoms with van der Waals surface area (Å²) < 4.78 is 19.9. The normalized spacial score (nSPS) is 17.0. The molecular formula is C38H78O5. The lowest BCUT2D eigenvalue weighted by Crippen LogP contribution is -2.42. The summed E-state index contributed by atoms with van der Waals surface area (Å²) in [7, 11) is 0. The first-order valence-corrected chi connectivity index (χ1v) is 19.0. The molecule has 0 aliphatic rings. The van der Waals surface area contributed by atoms with Crippen LogP contribution in [0.1, 0.15) is 184 Å². The third kappa shape index (κ3) is 23.8. The minimum Gasteiger partial charge on any atom is -0.327 e. The van der Waals surface area contributed by atoms with Crippen LogP contribution < -0.4 is 0 Å². The molecule has 260 valence electrons. The van der Waals surface area contributed by atoms with Crippen LogP contribution in [-0.4, -0.2) is 38.5 Å². The highest BCUT2D eigenvalue weighted by molar-refractivity contribution is 4.67. The summed E-state index contributed by atoms with van der Waals surface area (Å²) in [6.45, 7) is 23.0. The predicted octanol–water partition coefficient (Wildman–Crippen LogP) is 12.1. The maximum Gasteiger partial charge on any atom is 0.282 e. The summed E-state index contributed by atoms with van der Waals surface area (Å²) in [5.74, 6) is 1.25. The molecule has 0 rings (SSSR count). The van der Waals surface area contributed by atoms with Gasteiger partial charge in [0.15, 0.2) is 0 Å². The monoisotopic (exact) mass is 615 g/mol. The fraction of sp³-hybridized carbons (Fsp3) is 1.00. The third-order valence-corrected chi connectivity index (χ3v) is 9.14. The molecule has 0 aliphatic heterocycles. The molecule has 0 aliphatic carbocycles. The van der Waals surface area contributed by atoms with Gasteiger partial charge >= 0.3 is 0 Å². The van der Waals surface area contributed by atoms with Gasteiger partial charge in [-0.25, -0.2) is 9.78 Å². The Balaban J connectivity index is 5.24. The van der Waals surface area contributed by atoms with Gasteiger partial charge in [-0.2, -0.15) is 0 Å². The summed E-state index contributed by atoms with van der Waals surface area (Å²) in [6, 6.07) is 0. The van der Waals surface area contributed by atoms with Crippen LogP contribution in [0.25, 0.3) is 0 Å². The van der Waals surface area contributed by atoms with E-state index in [-0.39, 0.29) is 6.10 Å². The third-order valence-electron chi connectivity index (χ3n) is 9.14. The Morgan fingerprint density at radius 3 is 1.77 bits per heavy atom. The van der Waals surface area contributed by atoms with Crippen LogP contribution in [-0.2, 0) is 24.0 Å². The summed E-state index contributed by atoms with van der Waals surface area (Å²) in [4.78, 5) is 11.7. The molecule has 0 saturated heterocycles. The van der Waals surface area contributed by atoms with E-state index in [9.17, 15) is 0 Å². The Labute approximate surface area is 270 Å². The minimum atomic E-state index is -0.987. The maximum atomic E-state index is 6.69. The quantitative estimate of drug-likeness (QED) is 0.0318. The van der Waals surface area contributed by atoms with E-state index in [1.165, 1.54) is 70.6 Å². The lowest BCUT2D eigenvalue weighted by molar-refractivity contribution is -0.390. The average Bonchev–Trinajstić information content (AvgIpc) is 3.00. The van der Waals surface area contributed by atoms with Crippen LogP contribution in [0, 0.1) is 23.7 Å². The lowest BCUT2D eigenvalue weighted by Gasteiger charge is -2.36. The zero-order chi connectivity index (χ0) is 32.2. The van der Waals surface area contributed by atoms with Crippen molar-refractivity contribution in [3.8, 4) is 0 Å². The molecule has 0 spiro atoms. The molecule has 0 aromatic heterocycles. The Morgan fingerprint density at radius 2 is 1.14 bits per heavy atom. The molecule has 6 unspecified atom stereocenters. The molecule has 6 atom stereocenters. The largest absolute Gasteiger partial charge is 0.327 e. The lowest BCUT2D eigenvalue weighted by atomic mass is 9.96. The van der Waals surface area contributed by atoms with Gasteiger partial charge in [0.2, 0.25) is 0 Å². The van der Waals surface area contributed by atoms with E-state index in [0.717, 1.165) is 44.9 Å². The molecule has 0 saturated carbocycles. The van der Waals surface area contributed by atoms with E-state index in [0.29, 0.717) is 56.5 Å². The van der Waals surface area contributed by atoms with Gasteiger partial charge in [0.05, 0.1) is 32.5 Å². The smallest absolute Gasteiger partial charge is 0.282 e. The first-order valence-electron chi connectivity index (χ1n) is 19.0. The van der Waals surface area contributed by atoms with E-state index in [4.69, 9.17) is 24.0 Å². The molecule has 0 fully saturated rings. The van der Waals surface area contributed by atoms with Crippen molar-refractivity contribution in [2.24, 2.45) is 23.7 Å². The molecule has 0 N–H and O–H groups in total. The second kappa shape index (κ2) is 29.2. The Kier molecular flexibility index (Phi) is 29.1. The molecule has 0 aromatic carbocycles. The highest BCUT2D eigenvalue weighted by Gasteiger charge is 2.35. The van der Waals surface area contributed by atoms with Crippen LogP contribution in [0.4, 0.5) is 0 Å². The zero-order valence-corrected chi connectivity index (χ0v) is 30.7. The van der Waals surface area contributed by atoms with Crippen LogP contribution in [0.2, 0.25) is 0 Å². The number of unbranched alkanes of at least 4 members (excludes halogenated alkanes) is 5. The van der Waals surface area contributed by atoms with Gasteiger partial charge < -0.3 is 14.2 Å². The second-order valence-corrected chi connectivity index (χ2v) is 13.7. The fourth-order valence-corrected chi connectivity index (χ4v) is 5.52. The number of hydrogen-bond acceptors (Lipinski definition) is 5. The van der Waals surface area contributed by atoms with Gasteiger partial charge in [-0.05, 0) is 75.5 Å². The van der Waals surface area contributed by atoms with Crippen molar-refractivity contribution < 1.29 is 24.0 Å². The van der Waals surface area contributed by atoms with Crippen LogP contribution >= 0.6 is 0 Å². The number of hydrogen-bond donors (Lipinski definition) is 0. The SMILES string of the molecule is CCCCCCC(CCCC)COOC(C)CCCC(OCCC(C)CC)(OCC(C)CCC)OCC(CC)CCCC. The first kappa shape index (κ1) is 42.8. The summed E-state index contributed by atoms with van der Waals surface area (Å²) >= 11 is 0. The fourth-order valence-electron chi connectivity index (χ4n) is 5.52. The maximum absolute atomic E-state index is 6.69. The van der Waals surface area contributed by atoms with E-state index in [1.807, 2.05) is 0 Å². The van der Waals surface area contributed by atoms with Crippen molar-refractivity contribution >= 4 is 0 Å². The zero-order valence-electron chi connectivity index (χ0n) is 30.7. The van der Waals surface area contributed by atoms with Crippen LogP contribution in [0.3, 0.4) is 0 Å². The van der Waals surface area contributed by atoms with E-state index in [1.54, 1.807) is 0 Å². The molecule has 0 heterocycles. The average molecular weight is 615 g/mol. The van der Waals surface area contributed by atoms with Gasteiger partial charge in [-0.1, -0.05) is 126 Å². The molecule has 43 heavy (non-hydrogen) atoms. The molecule has 0 amide bonds. The van der Waals surface area contributed by atoms with Gasteiger partial charge in [0, 0.05) is 6.42 Å². The van der Waals surface area contributed by atoms with Crippen molar-refractivity contribution in [1.82, 2.24) is 0 Å². The Morgan fingerprint density at radius 1 is 0.488 bits per heavy atom. The summed E-state index contributed by atoms with van der Waals surface area (Å²) in [5, 5.41) is 0. The van der Waals surface area contributed by atoms with Gasteiger partial charge in [0.25, 0.3) is 5.97 Å². The molecule has 5 heteroatoms. The molecule has 5 nitrogen and oxygen atoms in total. The highest BCUT2D eigenvalue weighted by Crippen LogP contribution is 2.29. The first-order chi connectivity index (χ1) is 20.8. The van der Waals surface area contributed by atoms with Gasteiger partial charge in [-0.3, -0.25) is 0 Å². The Bertz CT molecular complexity index is 573.